The zero-order chi connectivity index (χ0) is 21.5. The Labute approximate surface area is 164 Å². The van der Waals surface area contributed by atoms with Crippen LogP contribution in [-0.2, 0) is 9.53 Å². The third-order valence-corrected chi connectivity index (χ3v) is 3.60. The van der Waals surface area contributed by atoms with Crippen molar-refractivity contribution in [1.82, 2.24) is 0 Å². The first-order chi connectivity index (χ1) is 13.6. The lowest BCUT2D eigenvalue weighted by atomic mass is 10.0. The Morgan fingerprint density at radius 1 is 1.11 bits per heavy atom. The van der Waals surface area contributed by atoms with E-state index in [1.54, 1.807) is 20.8 Å². The maximum Gasteiger partial charge on any atom is 0.331 e. The van der Waals surface area contributed by atoms with E-state index in [4.69, 9.17) is 12.7 Å². The molecule has 0 radical (unpaired) electrons. The van der Waals surface area contributed by atoms with Gasteiger partial charge in [0, 0.05) is 20.3 Å². The van der Waals surface area contributed by atoms with Crippen LogP contribution in [0.15, 0.2) is 65.7 Å². The number of carbonyl (C=O) groups excluding carboxylic acids is 1. The Kier molecular flexibility index (Phi) is 6.27. The quantitative estimate of drug-likeness (QED) is 0.517. The first kappa shape index (κ1) is 17.5. The lowest BCUT2D eigenvalue weighted by molar-refractivity contribution is -0.156. The smallest absolute Gasteiger partial charge is 0.331 e. The highest BCUT2D eigenvalue weighted by Gasteiger charge is 2.25. The molecule has 0 N–H and O–H groups in total. The summed E-state index contributed by atoms with van der Waals surface area (Å²) in [7, 11) is 0. The van der Waals surface area contributed by atoms with Gasteiger partial charge in [0.25, 0.3) is 0 Å². The number of benzene rings is 2. The zero-order valence-corrected chi connectivity index (χ0v) is 16.0. The molecule has 140 valence electrons. The molecule has 0 heterocycles. The van der Waals surface area contributed by atoms with Gasteiger partial charge in [0.2, 0.25) is 0 Å². The number of hydrogen-bond donors (Lipinski definition) is 0. The highest BCUT2D eigenvalue weighted by molar-refractivity contribution is 6.13. The Morgan fingerprint density at radius 3 is 2.07 bits per heavy atom. The molecule has 1 unspecified atom stereocenters. The molecule has 0 fully saturated rings. The second-order valence-electron chi connectivity index (χ2n) is 7.05. The summed E-state index contributed by atoms with van der Waals surface area (Å²) in [5.41, 5.74) is 1.47. The van der Waals surface area contributed by atoms with Crippen LogP contribution in [0.25, 0.3) is 0 Å². The summed E-state index contributed by atoms with van der Waals surface area (Å²) in [5.74, 6) is -0.608. The van der Waals surface area contributed by atoms with Gasteiger partial charge in [-0.05, 0) is 33.6 Å². The van der Waals surface area contributed by atoms with Crippen LogP contribution < -0.4 is 0 Å². The topological polar surface area (TPSA) is 62.5 Å². The average molecular weight is 364 g/mol. The van der Waals surface area contributed by atoms with E-state index in [-0.39, 0.29) is 12.8 Å². The molecule has 0 saturated carbocycles. The minimum atomic E-state index is -1.86. The molecular weight excluding hydrogens is 336 g/mol. The maximum atomic E-state index is 12.9. The lowest BCUT2D eigenvalue weighted by Gasteiger charge is -2.23. The summed E-state index contributed by atoms with van der Waals surface area (Å²) < 4.78 is 21.7. The molecule has 2 aromatic carbocycles. The van der Waals surface area contributed by atoms with Crippen LogP contribution in [0.1, 0.15) is 53.9 Å². The molecule has 0 aromatic heterocycles. The molecule has 4 heteroatoms. The second kappa shape index (κ2) is 9.68. The van der Waals surface area contributed by atoms with Crippen LogP contribution in [0.3, 0.4) is 0 Å². The Hall–Kier alpha value is -2.93. The minimum Gasteiger partial charge on any atom is -0.458 e. The van der Waals surface area contributed by atoms with E-state index in [9.17, 15) is 4.79 Å². The Bertz CT molecular complexity index is 841. The summed E-state index contributed by atoms with van der Waals surface area (Å²) in [6.07, 6.45) is -2.43. The van der Waals surface area contributed by atoms with Crippen molar-refractivity contribution in [3.8, 4) is 6.07 Å². The molecule has 4 nitrogen and oxygen atoms in total. The van der Waals surface area contributed by atoms with E-state index in [0.717, 1.165) is 11.1 Å². The molecule has 0 saturated heterocycles. The highest BCUT2D eigenvalue weighted by Crippen LogP contribution is 2.18. The summed E-state index contributed by atoms with van der Waals surface area (Å²) >= 11 is 0. The van der Waals surface area contributed by atoms with Gasteiger partial charge in [-0.25, -0.2) is 4.79 Å². The van der Waals surface area contributed by atoms with Gasteiger partial charge in [-0.15, -0.1) is 0 Å². The van der Waals surface area contributed by atoms with Gasteiger partial charge in [-0.1, -0.05) is 60.7 Å². The van der Waals surface area contributed by atoms with Gasteiger partial charge >= 0.3 is 5.97 Å². The van der Waals surface area contributed by atoms with Crippen LogP contribution >= 0.6 is 0 Å². The Morgan fingerprint density at radius 2 is 1.63 bits per heavy atom. The first-order valence-corrected chi connectivity index (χ1v) is 8.90. The van der Waals surface area contributed by atoms with Crippen molar-refractivity contribution < 1.29 is 12.3 Å². The summed E-state index contributed by atoms with van der Waals surface area (Å²) in [5, 5.41) is 8.94. The van der Waals surface area contributed by atoms with E-state index >= 15 is 0 Å². The SMILES string of the molecule is [2H]C([2H])(CC#N)CC(N=C(c1ccccc1)c1ccccc1)C(=O)OC(C)(C)C. The molecule has 0 aliphatic heterocycles. The molecule has 2 rings (SSSR count). The van der Waals surface area contributed by atoms with Gasteiger partial charge in [0.15, 0.2) is 0 Å². The number of ether oxygens (including phenoxy) is 1. The van der Waals surface area contributed by atoms with Crippen LogP contribution in [0.2, 0.25) is 0 Å². The number of carbonyl (C=O) groups is 1. The van der Waals surface area contributed by atoms with E-state index in [0.29, 0.717) is 5.71 Å². The molecule has 0 aliphatic carbocycles. The summed E-state index contributed by atoms with van der Waals surface area (Å²) in [4.78, 5) is 17.5. The number of nitriles is 1. The number of nitrogens with zero attached hydrogens (tertiary/aromatic N) is 2. The highest BCUT2D eigenvalue weighted by atomic mass is 16.6. The normalized spacial score (nSPS) is 13.6. The first-order valence-electron chi connectivity index (χ1n) is 9.90. The van der Waals surface area contributed by atoms with Crippen molar-refractivity contribution in [3.05, 3.63) is 71.8 Å². The fourth-order valence-corrected chi connectivity index (χ4v) is 2.48. The number of esters is 1. The van der Waals surface area contributed by atoms with Crippen LogP contribution in [-0.4, -0.2) is 23.3 Å². The van der Waals surface area contributed by atoms with Crippen molar-refractivity contribution in [2.45, 2.75) is 51.6 Å². The second-order valence-corrected chi connectivity index (χ2v) is 7.05. The molecule has 0 bridgehead atoms. The van der Waals surface area contributed by atoms with E-state index in [1.165, 1.54) is 0 Å². The Balaban J connectivity index is 2.53. The molecular formula is C23H26N2O2. The third-order valence-electron chi connectivity index (χ3n) is 3.60. The van der Waals surface area contributed by atoms with Crippen molar-refractivity contribution in [3.63, 3.8) is 0 Å². The summed E-state index contributed by atoms with van der Waals surface area (Å²) in [6, 6.07) is 19.6. The van der Waals surface area contributed by atoms with Gasteiger partial charge in [0.1, 0.15) is 11.6 Å². The predicted octanol–water partition coefficient (Wildman–Crippen LogP) is 4.93. The van der Waals surface area contributed by atoms with Gasteiger partial charge in [0.05, 0.1) is 11.8 Å². The fraction of sp³-hybridized carbons (Fsp3) is 0.348. The van der Waals surface area contributed by atoms with E-state index in [2.05, 4.69) is 4.99 Å². The monoisotopic (exact) mass is 364 g/mol. The number of aliphatic imine (C=N–C) groups is 1. The molecule has 2 aromatic rings. The summed E-state index contributed by atoms with van der Waals surface area (Å²) in [6.45, 7) is 5.26. The van der Waals surface area contributed by atoms with Gasteiger partial charge < -0.3 is 4.74 Å². The molecule has 1 atom stereocenters. The zero-order valence-electron chi connectivity index (χ0n) is 18.0. The van der Waals surface area contributed by atoms with Gasteiger partial charge in [-0.3, -0.25) is 4.99 Å². The van der Waals surface area contributed by atoms with Crippen molar-refractivity contribution in [2.75, 3.05) is 0 Å². The minimum absolute atomic E-state index is 0.237. The number of rotatable bonds is 7. The van der Waals surface area contributed by atoms with Crippen molar-refractivity contribution >= 4 is 11.7 Å². The predicted molar refractivity (Wildman–Crippen MR) is 108 cm³/mol. The number of hydrogen-bond acceptors (Lipinski definition) is 4. The maximum absolute atomic E-state index is 12.9. The van der Waals surface area contributed by atoms with E-state index < -0.39 is 24.0 Å². The lowest BCUT2D eigenvalue weighted by Crippen LogP contribution is -2.31. The standard InChI is InChI=1S/C23H26N2O2/c1-23(2,3)27-22(26)20(16-10-11-17-24)25-21(18-12-6-4-7-13-18)19-14-8-5-9-15-19/h4-9,12-15,20H,10-11,16H2,1-3H3/i10D2. The molecule has 27 heavy (non-hydrogen) atoms. The van der Waals surface area contributed by atoms with Crippen LogP contribution in [0.4, 0.5) is 0 Å². The van der Waals surface area contributed by atoms with Crippen LogP contribution in [0.5, 0.6) is 0 Å². The average Bonchev–Trinajstić information content (AvgIpc) is 2.65. The van der Waals surface area contributed by atoms with E-state index in [1.807, 2.05) is 66.7 Å². The molecule has 0 aliphatic rings. The molecule has 0 spiro atoms. The van der Waals surface area contributed by atoms with Crippen molar-refractivity contribution in [1.29, 1.82) is 5.26 Å². The van der Waals surface area contributed by atoms with Crippen LogP contribution in [0, 0.1) is 11.3 Å². The third kappa shape index (κ3) is 6.71. The van der Waals surface area contributed by atoms with Crippen molar-refractivity contribution in [2.24, 2.45) is 4.99 Å². The molecule has 0 amide bonds. The largest absolute Gasteiger partial charge is 0.458 e. The van der Waals surface area contributed by atoms with Gasteiger partial charge in [-0.2, -0.15) is 5.26 Å². The fourth-order valence-electron chi connectivity index (χ4n) is 2.48.